The summed E-state index contributed by atoms with van der Waals surface area (Å²) in [4.78, 5) is 34.4. The molecule has 0 fully saturated rings. The lowest BCUT2D eigenvalue weighted by Crippen LogP contribution is -2.17. The molecule has 1 aromatic carbocycles. The SMILES string of the molecule is CCOC(=O)c1sc2nc(C)nc(NCc3ccc(NC(=O)C(C)C)cc3)c2c1C. The molecule has 0 unspecified atom stereocenters. The number of aryl methyl sites for hydroxylation is 2. The van der Waals surface area contributed by atoms with Gasteiger partial charge in [-0.05, 0) is 44.0 Å². The van der Waals surface area contributed by atoms with Gasteiger partial charge in [-0.1, -0.05) is 26.0 Å². The van der Waals surface area contributed by atoms with E-state index in [9.17, 15) is 9.59 Å². The van der Waals surface area contributed by atoms with Crippen molar-refractivity contribution in [1.82, 2.24) is 9.97 Å². The molecule has 0 radical (unpaired) electrons. The van der Waals surface area contributed by atoms with E-state index in [4.69, 9.17) is 4.74 Å². The van der Waals surface area contributed by atoms with Crippen molar-refractivity contribution in [2.45, 2.75) is 41.2 Å². The number of carbonyl (C=O) groups is 2. The molecule has 0 aliphatic heterocycles. The van der Waals surface area contributed by atoms with Gasteiger partial charge in [-0.25, -0.2) is 14.8 Å². The average Bonchev–Trinajstić information content (AvgIpc) is 3.03. The number of aromatic nitrogens is 2. The first-order chi connectivity index (χ1) is 14.3. The molecule has 2 N–H and O–H groups in total. The van der Waals surface area contributed by atoms with Crippen LogP contribution in [-0.2, 0) is 16.1 Å². The van der Waals surface area contributed by atoms with E-state index in [0.717, 1.165) is 27.0 Å². The lowest BCUT2D eigenvalue weighted by molar-refractivity contribution is -0.118. The molecule has 1 amide bonds. The third-order valence-corrected chi connectivity index (χ3v) is 5.73. The largest absolute Gasteiger partial charge is 0.462 e. The van der Waals surface area contributed by atoms with Crippen LogP contribution in [0.5, 0.6) is 0 Å². The monoisotopic (exact) mass is 426 g/mol. The van der Waals surface area contributed by atoms with Crippen LogP contribution in [0.1, 0.15) is 47.4 Å². The Bertz CT molecular complexity index is 1070. The van der Waals surface area contributed by atoms with Crippen molar-refractivity contribution in [2.24, 2.45) is 5.92 Å². The number of fused-ring (bicyclic) bond motifs is 1. The lowest BCUT2D eigenvalue weighted by atomic mass is 10.1. The standard InChI is InChI=1S/C22H26N4O3S/c1-6-29-22(28)18-13(4)17-19(24-14(5)25-21(17)30-18)23-11-15-7-9-16(10-8-15)26-20(27)12(2)3/h7-10,12H,6,11H2,1-5H3,(H,26,27)(H,23,24,25). The summed E-state index contributed by atoms with van der Waals surface area (Å²) in [6.45, 7) is 10.1. The van der Waals surface area contributed by atoms with Crippen LogP contribution in [0, 0.1) is 19.8 Å². The quantitative estimate of drug-likeness (QED) is 0.532. The van der Waals surface area contributed by atoms with Crippen LogP contribution in [0.4, 0.5) is 11.5 Å². The Balaban J connectivity index is 1.80. The highest BCUT2D eigenvalue weighted by Crippen LogP contribution is 2.34. The van der Waals surface area contributed by atoms with E-state index in [1.54, 1.807) is 6.92 Å². The average molecular weight is 427 g/mol. The summed E-state index contributed by atoms with van der Waals surface area (Å²) in [6.07, 6.45) is 0. The number of rotatable bonds is 7. The van der Waals surface area contributed by atoms with Gasteiger partial charge in [0, 0.05) is 18.2 Å². The highest BCUT2D eigenvalue weighted by atomic mass is 32.1. The van der Waals surface area contributed by atoms with Crippen LogP contribution in [0.2, 0.25) is 0 Å². The van der Waals surface area contributed by atoms with Gasteiger partial charge < -0.3 is 15.4 Å². The molecule has 8 heteroatoms. The number of hydrogen-bond donors (Lipinski definition) is 2. The van der Waals surface area contributed by atoms with Crippen molar-refractivity contribution in [3.8, 4) is 0 Å². The number of esters is 1. The van der Waals surface area contributed by atoms with E-state index in [0.29, 0.717) is 29.7 Å². The number of benzene rings is 1. The van der Waals surface area contributed by atoms with Gasteiger partial charge in [0.15, 0.2) is 0 Å². The number of anilines is 2. The highest BCUT2D eigenvalue weighted by Gasteiger charge is 2.20. The topological polar surface area (TPSA) is 93.2 Å². The normalized spacial score (nSPS) is 11.0. The number of hydrogen-bond acceptors (Lipinski definition) is 7. The van der Waals surface area contributed by atoms with Crippen molar-refractivity contribution >= 4 is 44.9 Å². The van der Waals surface area contributed by atoms with Crippen LogP contribution < -0.4 is 10.6 Å². The first-order valence-corrected chi connectivity index (χ1v) is 10.7. The lowest BCUT2D eigenvalue weighted by Gasteiger charge is -2.11. The summed E-state index contributed by atoms with van der Waals surface area (Å²) in [5.41, 5.74) is 2.63. The third-order valence-electron chi connectivity index (χ3n) is 4.57. The fourth-order valence-electron chi connectivity index (χ4n) is 2.94. The molecule has 158 valence electrons. The van der Waals surface area contributed by atoms with Crippen LogP contribution >= 0.6 is 11.3 Å². The molecular weight excluding hydrogens is 400 g/mol. The number of amides is 1. The zero-order valence-electron chi connectivity index (χ0n) is 17.8. The van der Waals surface area contributed by atoms with E-state index >= 15 is 0 Å². The Hall–Kier alpha value is -3.00. The molecule has 0 atom stereocenters. The van der Waals surface area contributed by atoms with E-state index in [2.05, 4.69) is 20.6 Å². The van der Waals surface area contributed by atoms with E-state index in [1.165, 1.54) is 11.3 Å². The van der Waals surface area contributed by atoms with E-state index in [-0.39, 0.29) is 17.8 Å². The van der Waals surface area contributed by atoms with Crippen molar-refractivity contribution in [3.63, 3.8) is 0 Å². The second-order valence-corrected chi connectivity index (χ2v) is 8.27. The molecule has 0 aliphatic carbocycles. The zero-order valence-corrected chi connectivity index (χ0v) is 18.6. The Labute approximate surface area is 179 Å². The molecular formula is C22H26N4O3S. The van der Waals surface area contributed by atoms with Gasteiger partial charge >= 0.3 is 5.97 Å². The van der Waals surface area contributed by atoms with Gasteiger partial charge in [0.2, 0.25) is 5.91 Å². The molecule has 3 aromatic rings. The minimum atomic E-state index is -0.333. The summed E-state index contributed by atoms with van der Waals surface area (Å²) < 4.78 is 5.16. The van der Waals surface area contributed by atoms with E-state index < -0.39 is 0 Å². The molecule has 0 bridgehead atoms. The first kappa shape index (κ1) is 21.7. The number of ether oxygens (including phenoxy) is 1. The summed E-state index contributed by atoms with van der Waals surface area (Å²) >= 11 is 1.33. The minimum absolute atomic E-state index is 0.00920. The van der Waals surface area contributed by atoms with Gasteiger partial charge in [0.1, 0.15) is 21.3 Å². The van der Waals surface area contributed by atoms with Gasteiger partial charge in [-0.15, -0.1) is 11.3 Å². The highest BCUT2D eigenvalue weighted by molar-refractivity contribution is 7.20. The second kappa shape index (κ2) is 9.21. The van der Waals surface area contributed by atoms with Gasteiger partial charge in [-0.2, -0.15) is 0 Å². The minimum Gasteiger partial charge on any atom is -0.462 e. The summed E-state index contributed by atoms with van der Waals surface area (Å²) in [6, 6.07) is 7.68. The smallest absolute Gasteiger partial charge is 0.348 e. The fraction of sp³-hybridized carbons (Fsp3) is 0.364. The molecule has 0 spiro atoms. The maximum atomic E-state index is 12.3. The Morgan fingerprint density at radius 1 is 1.13 bits per heavy atom. The van der Waals surface area contributed by atoms with Crippen molar-refractivity contribution in [3.05, 3.63) is 46.1 Å². The van der Waals surface area contributed by atoms with Crippen LogP contribution in [-0.4, -0.2) is 28.5 Å². The van der Waals surface area contributed by atoms with Gasteiger partial charge in [0.25, 0.3) is 0 Å². The van der Waals surface area contributed by atoms with Crippen LogP contribution in [0.25, 0.3) is 10.2 Å². The van der Waals surface area contributed by atoms with Gasteiger partial charge in [0.05, 0.1) is 12.0 Å². The maximum Gasteiger partial charge on any atom is 0.348 e. The fourth-order valence-corrected chi connectivity index (χ4v) is 4.06. The molecule has 0 saturated heterocycles. The summed E-state index contributed by atoms with van der Waals surface area (Å²) in [7, 11) is 0. The number of nitrogens with one attached hydrogen (secondary N) is 2. The molecule has 3 rings (SSSR count). The van der Waals surface area contributed by atoms with E-state index in [1.807, 2.05) is 52.0 Å². The van der Waals surface area contributed by atoms with Gasteiger partial charge in [-0.3, -0.25) is 4.79 Å². The predicted octanol–water partition coefficient (Wildman–Crippen LogP) is 4.69. The van der Waals surface area contributed by atoms with Crippen LogP contribution in [0.15, 0.2) is 24.3 Å². The maximum absolute atomic E-state index is 12.3. The number of carbonyl (C=O) groups excluding carboxylic acids is 2. The molecule has 2 heterocycles. The number of nitrogens with zero attached hydrogens (tertiary/aromatic N) is 2. The molecule has 0 saturated carbocycles. The third kappa shape index (κ3) is 4.76. The summed E-state index contributed by atoms with van der Waals surface area (Å²) in [5, 5.41) is 7.09. The molecule has 30 heavy (non-hydrogen) atoms. The Morgan fingerprint density at radius 3 is 2.47 bits per heavy atom. The second-order valence-electron chi connectivity index (χ2n) is 7.27. The zero-order chi connectivity index (χ0) is 21.8. The van der Waals surface area contributed by atoms with Crippen molar-refractivity contribution in [2.75, 3.05) is 17.2 Å². The predicted molar refractivity (Wildman–Crippen MR) is 120 cm³/mol. The molecule has 0 aliphatic rings. The van der Waals surface area contributed by atoms with Crippen molar-refractivity contribution in [1.29, 1.82) is 0 Å². The number of thiophene rings is 1. The Kier molecular flexibility index (Phi) is 6.66. The summed E-state index contributed by atoms with van der Waals surface area (Å²) in [5.74, 6) is 0.918. The van der Waals surface area contributed by atoms with Crippen molar-refractivity contribution < 1.29 is 14.3 Å². The first-order valence-electron chi connectivity index (χ1n) is 9.88. The Morgan fingerprint density at radius 2 is 1.83 bits per heavy atom. The molecule has 7 nitrogen and oxygen atoms in total. The van der Waals surface area contributed by atoms with Crippen LogP contribution in [0.3, 0.4) is 0 Å². The molecule has 2 aromatic heterocycles.